The second-order valence-corrected chi connectivity index (χ2v) is 9.11. The van der Waals surface area contributed by atoms with Gasteiger partial charge in [0, 0.05) is 18.3 Å². The monoisotopic (exact) mass is 360 g/mol. The SMILES string of the molecule is CC(C)(C)OC(=O)[C@]12O[C@](C)(CCC1=O)[C@H]1C(=C3CCOCC3)C=C[C@H]12. The molecular formula is C21H28O5. The van der Waals surface area contributed by atoms with Gasteiger partial charge in [0.05, 0.1) is 18.8 Å². The van der Waals surface area contributed by atoms with Crippen molar-refractivity contribution in [3.05, 3.63) is 23.3 Å². The third-order valence-electron chi connectivity index (χ3n) is 6.17. The molecule has 2 bridgehead atoms. The van der Waals surface area contributed by atoms with Gasteiger partial charge in [-0.15, -0.1) is 0 Å². The molecule has 0 spiro atoms. The number of hydrogen-bond acceptors (Lipinski definition) is 5. The first-order chi connectivity index (χ1) is 12.2. The van der Waals surface area contributed by atoms with Crippen LogP contribution in [0.4, 0.5) is 0 Å². The number of hydrogen-bond donors (Lipinski definition) is 0. The summed E-state index contributed by atoms with van der Waals surface area (Å²) in [6.45, 7) is 8.98. The molecule has 4 aliphatic rings. The third-order valence-corrected chi connectivity index (χ3v) is 6.17. The highest BCUT2D eigenvalue weighted by molar-refractivity contribution is 6.09. The summed E-state index contributed by atoms with van der Waals surface area (Å²) in [7, 11) is 0. The molecule has 0 saturated carbocycles. The fourth-order valence-corrected chi connectivity index (χ4v) is 5.08. The molecule has 0 amide bonds. The number of ether oxygens (including phenoxy) is 3. The van der Waals surface area contributed by atoms with Crippen LogP contribution < -0.4 is 0 Å². The van der Waals surface area contributed by atoms with E-state index in [1.54, 1.807) is 0 Å². The van der Waals surface area contributed by atoms with Crippen molar-refractivity contribution in [2.75, 3.05) is 13.2 Å². The number of ketones is 1. The second-order valence-electron chi connectivity index (χ2n) is 9.11. The lowest BCUT2D eigenvalue weighted by Crippen LogP contribution is -2.56. The number of carbonyl (C=O) groups is 2. The molecule has 3 saturated heterocycles. The summed E-state index contributed by atoms with van der Waals surface area (Å²) in [6, 6.07) is 0. The molecule has 0 aromatic rings. The number of Topliss-reactive ketones (excluding diaryl/α,β-unsaturated/α-hetero) is 1. The van der Waals surface area contributed by atoms with Crippen molar-refractivity contribution in [3.8, 4) is 0 Å². The molecule has 3 aliphatic heterocycles. The summed E-state index contributed by atoms with van der Waals surface area (Å²) in [5.41, 5.74) is -0.0367. The molecule has 5 nitrogen and oxygen atoms in total. The normalized spacial score (nSPS) is 39.3. The molecule has 0 radical (unpaired) electrons. The van der Waals surface area contributed by atoms with Gasteiger partial charge >= 0.3 is 5.97 Å². The maximum atomic E-state index is 13.1. The Kier molecular flexibility index (Phi) is 3.98. The molecule has 3 fully saturated rings. The van der Waals surface area contributed by atoms with E-state index in [9.17, 15) is 9.59 Å². The fraction of sp³-hybridized carbons (Fsp3) is 0.714. The van der Waals surface area contributed by atoms with Crippen LogP contribution in [0.3, 0.4) is 0 Å². The lowest BCUT2D eigenvalue weighted by atomic mass is 9.75. The lowest BCUT2D eigenvalue weighted by molar-refractivity contribution is -0.201. The number of allylic oxidation sites excluding steroid dienone is 1. The molecular weight excluding hydrogens is 332 g/mol. The van der Waals surface area contributed by atoms with Crippen molar-refractivity contribution in [2.24, 2.45) is 11.8 Å². The summed E-state index contributed by atoms with van der Waals surface area (Å²) < 4.78 is 17.5. The quantitative estimate of drug-likeness (QED) is 0.531. The minimum Gasteiger partial charge on any atom is -0.457 e. The van der Waals surface area contributed by atoms with E-state index in [-0.39, 0.29) is 17.6 Å². The van der Waals surface area contributed by atoms with Gasteiger partial charge in [-0.3, -0.25) is 4.79 Å². The third kappa shape index (κ3) is 2.51. The van der Waals surface area contributed by atoms with E-state index in [0.29, 0.717) is 12.8 Å². The highest BCUT2D eigenvalue weighted by Crippen LogP contribution is 2.60. The van der Waals surface area contributed by atoms with Crippen molar-refractivity contribution < 1.29 is 23.8 Å². The van der Waals surface area contributed by atoms with E-state index in [4.69, 9.17) is 14.2 Å². The van der Waals surface area contributed by atoms with Gasteiger partial charge < -0.3 is 14.2 Å². The van der Waals surface area contributed by atoms with E-state index in [1.807, 2.05) is 26.8 Å². The largest absolute Gasteiger partial charge is 0.457 e. The Labute approximate surface area is 154 Å². The minimum absolute atomic E-state index is 0.0366. The van der Waals surface area contributed by atoms with Crippen LogP contribution in [0.5, 0.6) is 0 Å². The molecule has 0 unspecified atom stereocenters. The summed E-state index contributed by atoms with van der Waals surface area (Å²) in [4.78, 5) is 26.1. The van der Waals surface area contributed by atoms with Crippen LogP contribution in [-0.4, -0.2) is 41.8 Å². The van der Waals surface area contributed by atoms with Crippen molar-refractivity contribution in [2.45, 2.75) is 70.2 Å². The Bertz CT molecular complexity index is 704. The summed E-state index contributed by atoms with van der Waals surface area (Å²) >= 11 is 0. The second kappa shape index (κ2) is 5.77. The Morgan fingerprint density at radius 3 is 2.58 bits per heavy atom. The molecule has 1 aliphatic carbocycles. The molecule has 5 heteroatoms. The topological polar surface area (TPSA) is 61.8 Å². The molecule has 26 heavy (non-hydrogen) atoms. The predicted octanol–water partition coefficient (Wildman–Crippen LogP) is 3.13. The molecule has 0 N–H and O–H groups in total. The standard InChI is InChI=1S/C21H28O5/c1-19(2,3)25-18(23)21-15-6-5-14(13-8-11-24-12-9-13)17(15)20(4,26-21)10-7-16(21)22/h5-6,15,17H,7-12H2,1-4H3/t15-,17+,20-,21-/m1/s1. The van der Waals surface area contributed by atoms with Crippen molar-refractivity contribution in [1.82, 2.24) is 0 Å². The number of rotatable bonds is 1. The maximum absolute atomic E-state index is 13.1. The molecule has 3 heterocycles. The van der Waals surface area contributed by atoms with Gasteiger partial charge in [-0.2, -0.15) is 0 Å². The van der Waals surface area contributed by atoms with Gasteiger partial charge in [-0.05, 0) is 52.5 Å². The Hall–Kier alpha value is -1.46. The summed E-state index contributed by atoms with van der Waals surface area (Å²) in [6.07, 6.45) is 6.96. The van der Waals surface area contributed by atoms with Gasteiger partial charge in [0.15, 0.2) is 5.78 Å². The number of fused-ring (bicyclic) bond motifs is 5. The van der Waals surface area contributed by atoms with Crippen LogP contribution in [0.1, 0.15) is 53.4 Å². The van der Waals surface area contributed by atoms with Gasteiger partial charge in [0.25, 0.3) is 0 Å². The average Bonchev–Trinajstić information content (AvgIpc) is 3.10. The Balaban J connectivity index is 1.77. The molecule has 4 atom stereocenters. The maximum Gasteiger partial charge on any atom is 0.347 e. The fourth-order valence-electron chi connectivity index (χ4n) is 5.08. The zero-order valence-electron chi connectivity index (χ0n) is 16.1. The Morgan fingerprint density at radius 1 is 1.23 bits per heavy atom. The smallest absolute Gasteiger partial charge is 0.347 e. The molecule has 0 aromatic carbocycles. The van der Waals surface area contributed by atoms with E-state index < -0.39 is 22.8 Å². The van der Waals surface area contributed by atoms with E-state index in [2.05, 4.69) is 13.0 Å². The highest BCUT2D eigenvalue weighted by atomic mass is 16.6. The van der Waals surface area contributed by atoms with Crippen LogP contribution in [0.2, 0.25) is 0 Å². The summed E-state index contributed by atoms with van der Waals surface area (Å²) in [5, 5.41) is 0. The van der Waals surface area contributed by atoms with Gasteiger partial charge in [-0.1, -0.05) is 17.7 Å². The first-order valence-corrected chi connectivity index (χ1v) is 9.62. The summed E-state index contributed by atoms with van der Waals surface area (Å²) in [5.74, 6) is -0.909. The van der Waals surface area contributed by atoms with Crippen LogP contribution in [0.25, 0.3) is 0 Å². The Morgan fingerprint density at radius 2 is 1.92 bits per heavy atom. The van der Waals surface area contributed by atoms with Crippen LogP contribution in [0, 0.1) is 11.8 Å². The zero-order chi connectivity index (χ0) is 18.7. The van der Waals surface area contributed by atoms with Crippen molar-refractivity contribution in [3.63, 3.8) is 0 Å². The van der Waals surface area contributed by atoms with E-state index in [0.717, 1.165) is 26.1 Å². The predicted molar refractivity (Wildman–Crippen MR) is 95.5 cm³/mol. The first-order valence-electron chi connectivity index (χ1n) is 9.62. The first kappa shape index (κ1) is 17.9. The van der Waals surface area contributed by atoms with Gasteiger partial charge in [0.1, 0.15) is 5.60 Å². The van der Waals surface area contributed by atoms with Gasteiger partial charge in [0.2, 0.25) is 5.60 Å². The number of carbonyl (C=O) groups excluding carboxylic acids is 2. The average molecular weight is 360 g/mol. The van der Waals surface area contributed by atoms with Crippen LogP contribution >= 0.6 is 0 Å². The lowest BCUT2D eigenvalue weighted by Gasteiger charge is -2.38. The van der Waals surface area contributed by atoms with Crippen molar-refractivity contribution >= 4 is 11.8 Å². The van der Waals surface area contributed by atoms with Crippen LogP contribution in [0.15, 0.2) is 23.3 Å². The van der Waals surface area contributed by atoms with Crippen LogP contribution in [-0.2, 0) is 23.8 Å². The van der Waals surface area contributed by atoms with E-state index >= 15 is 0 Å². The molecule has 0 aromatic heterocycles. The highest BCUT2D eigenvalue weighted by Gasteiger charge is 2.71. The van der Waals surface area contributed by atoms with E-state index in [1.165, 1.54) is 11.1 Å². The zero-order valence-corrected chi connectivity index (χ0v) is 16.1. The van der Waals surface area contributed by atoms with Crippen molar-refractivity contribution in [1.29, 1.82) is 0 Å². The molecule has 142 valence electrons. The minimum atomic E-state index is -1.49. The number of esters is 1. The molecule has 4 rings (SSSR count). The van der Waals surface area contributed by atoms with Gasteiger partial charge in [-0.25, -0.2) is 4.79 Å².